The Labute approximate surface area is 113 Å². The quantitative estimate of drug-likeness (QED) is 0.747. The number of hydrogen-bond acceptors (Lipinski definition) is 2. The molecule has 2 amide bonds. The van der Waals surface area contributed by atoms with Crippen molar-refractivity contribution in [2.24, 2.45) is 5.73 Å². The molecule has 1 aromatic carbocycles. The molecule has 4 N–H and O–H groups in total. The molecular weight excluding hydrogens is 279 g/mol. The molecule has 0 spiro atoms. The summed E-state index contributed by atoms with van der Waals surface area (Å²) in [6, 6.07) is 3.74. The highest BCUT2D eigenvalue weighted by Gasteiger charge is 2.30. The van der Waals surface area contributed by atoms with Crippen molar-refractivity contribution in [2.45, 2.75) is 12.6 Å². The molecule has 0 aliphatic heterocycles. The lowest BCUT2D eigenvalue weighted by Crippen LogP contribution is -2.31. The number of halogens is 3. The number of nitrogens with one attached hydrogen (secondary N) is 2. The lowest BCUT2D eigenvalue weighted by molar-refractivity contribution is -0.137. The van der Waals surface area contributed by atoms with Gasteiger partial charge in [0.2, 0.25) is 0 Å². The third kappa shape index (κ3) is 5.56. The maximum Gasteiger partial charge on any atom is 0.416 e. The SMILES string of the molecule is NC(=S)CCNC(=O)Nc1cccc(C(F)(F)F)c1. The number of benzene rings is 1. The van der Waals surface area contributed by atoms with Crippen molar-refractivity contribution in [3.63, 3.8) is 0 Å². The van der Waals surface area contributed by atoms with E-state index in [9.17, 15) is 18.0 Å². The molecule has 0 bridgehead atoms. The van der Waals surface area contributed by atoms with Crippen LogP contribution in [0.5, 0.6) is 0 Å². The molecule has 4 nitrogen and oxygen atoms in total. The van der Waals surface area contributed by atoms with Gasteiger partial charge in [0.25, 0.3) is 0 Å². The van der Waals surface area contributed by atoms with E-state index in [0.717, 1.165) is 12.1 Å². The predicted molar refractivity (Wildman–Crippen MR) is 69.9 cm³/mol. The maximum absolute atomic E-state index is 12.4. The molecule has 0 saturated heterocycles. The summed E-state index contributed by atoms with van der Waals surface area (Å²) in [5, 5.41) is 4.72. The summed E-state index contributed by atoms with van der Waals surface area (Å²) < 4.78 is 37.3. The first-order valence-corrected chi connectivity index (χ1v) is 5.70. The average Bonchev–Trinajstić information content (AvgIpc) is 2.27. The highest BCUT2D eigenvalue weighted by molar-refractivity contribution is 7.80. The highest BCUT2D eigenvalue weighted by atomic mass is 32.1. The number of carbonyl (C=O) groups is 1. The van der Waals surface area contributed by atoms with Gasteiger partial charge < -0.3 is 16.4 Å². The van der Waals surface area contributed by atoms with E-state index in [-0.39, 0.29) is 17.2 Å². The van der Waals surface area contributed by atoms with Crippen LogP contribution >= 0.6 is 12.2 Å². The van der Waals surface area contributed by atoms with Crippen LogP contribution in [-0.4, -0.2) is 17.6 Å². The molecule has 0 saturated carbocycles. The standard InChI is InChI=1S/C11H12F3N3OS/c12-11(13,14)7-2-1-3-8(6-7)17-10(18)16-5-4-9(15)19/h1-3,6H,4-5H2,(H2,15,19)(H2,16,17,18). The summed E-state index contributed by atoms with van der Waals surface area (Å²) in [6.45, 7) is 0.222. The molecule has 0 aromatic heterocycles. The topological polar surface area (TPSA) is 67.1 Å². The van der Waals surface area contributed by atoms with E-state index in [1.807, 2.05) is 0 Å². The number of hydrogen-bond donors (Lipinski definition) is 3. The van der Waals surface area contributed by atoms with E-state index in [1.54, 1.807) is 0 Å². The fraction of sp³-hybridized carbons (Fsp3) is 0.273. The number of thiocarbonyl (C=S) groups is 1. The maximum atomic E-state index is 12.4. The Hall–Kier alpha value is -1.83. The molecule has 19 heavy (non-hydrogen) atoms. The van der Waals surface area contributed by atoms with E-state index in [0.29, 0.717) is 6.42 Å². The zero-order chi connectivity index (χ0) is 14.5. The summed E-state index contributed by atoms with van der Waals surface area (Å²) in [5.74, 6) is 0. The van der Waals surface area contributed by atoms with Crippen LogP contribution in [0.25, 0.3) is 0 Å². The van der Waals surface area contributed by atoms with Crippen molar-refractivity contribution in [3.05, 3.63) is 29.8 Å². The number of rotatable bonds is 4. The van der Waals surface area contributed by atoms with E-state index in [1.165, 1.54) is 12.1 Å². The second-order valence-electron chi connectivity index (χ2n) is 3.68. The van der Waals surface area contributed by atoms with E-state index in [2.05, 4.69) is 22.9 Å². The first-order valence-electron chi connectivity index (χ1n) is 5.29. The summed E-state index contributed by atoms with van der Waals surface area (Å²) in [5.41, 5.74) is 4.47. The van der Waals surface area contributed by atoms with Crippen LogP contribution in [0.4, 0.5) is 23.7 Å². The third-order valence-corrected chi connectivity index (χ3v) is 2.31. The van der Waals surface area contributed by atoms with Gasteiger partial charge in [0, 0.05) is 18.7 Å². The van der Waals surface area contributed by atoms with Gasteiger partial charge in [-0.05, 0) is 18.2 Å². The molecular formula is C11H12F3N3OS. The number of urea groups is 1. The Kier molecular flexibility index (Phi) is 5.11. The number of alkyl halides is 3. The van der Waals surface area contributed by atoms with Crippen molar-refractivity contribution in [3.8, 4) is 0 Å². The van der Waals surface area contributed by atoms with Gasteiger partial charge in [-0.3, -0.25) is 0 Å². The van der Waals surface area contributed by atoms with Crippen molar-refractivity contribution in [1.82, 2.24) is 5.32 Å². The van der Waals surface area contributed by atoms with Gasteiger partial charge in [-0.15, -0.1) is 0 Å². The van der Waals surface area contributed by atoms with Gasteiger partial charge in [0.15, 0.2) is 0 Å². The first kappa shape index (κ1) is 15.2. The van der Waals surface area contributed by atoms with Crippen molar-refractivity contribution >= 4 is 28.9 Å². The Morgan fingerprint density at radius 3 is 2.63 bits per heavy atom. The number of nitrogens with two attached hydrogens (primary N) is 1. The smallest absolute Gasteiger partial charge is 0.393 e. The minimum atomic E-state index is -4.44. The van der Waals surface area contributed by atoms with Crippen LogP contribution < -0.4 is 16.4 Å². The fourth-order valence-electron chi connectivity index (χ4n) is 1.25. The van der Waals surface area contributed by atoms with E-state index in [4.69, 9.17) is 5.73 Å². The summed E-state index contributed by atoms with van der Waals surface area (Å²) >= 11 is 4.62. The van der Waals surface area contributed by atoms with Crippen LogP contribution in [0.2, 0.25) is 0 Å². The van der Waals surface area contributed by atoms with Gasteiger partial charge in [0.1, 0.15) is 0 Å². The van der Waals surface area contributed by atoms with Crippen LogP contribution in [0.3, 0.4) is 0 Å². The van der Waals surface area contributed by atoms with Crippen LogP contribution in [0, 0.1) is 0 Å². The molecule has 0 aliphatic carbocycles. The monoisotopic (exact) mass is 291 g/mol. The molecule has 104 valence electrons. The number of carbonyl (C=O) groups excluding carboxylic acids is 1. The van der Waals surface area contributed by atoms with Crippen LogP contribution in [0.15, 0.2) is 24.3 Å². The molecule has 0 fully saturated rings. The Bertz CT molecular complexity index is 476. The van der Waals surface area contributed by atoms with Crippen LogP contribution in [0.1, 0.15) is 12.0 Å². The summed E-state index contributed by atoms with van der Waals surface area (Å²) in [6.07, 6.45) is -4.12. The molecule has 0 atom stereocenters. The largest absolute Gasteiger partial charge is 0.416 e. The molecule has 0 heterocycles. The second kappa shape index (κ2) is 6.37. The Morgan fingerprint density at radius 2 is 2.05 bits per heavy atom. The van der Waals surface area contributed by atoms with Crippen molar-refractivity contribution in [2.75, 3.05) is 11.9 Å². The molecule has 1 aromatic rings. The minimum Gasteiger partial charge on any atom is -0.393 e. The lowest BCUT2D eigenvalue weighted by atomic mass is 10.2. The Morgan fingerprint density at radius 1 is 1.37 bits per heavy atom. The zero-order valence-corrected chi connectivity index (χ0v) is 10.6. The predicted octanol–water partition coefficient (Wildman–Crippen LogP) is 2.50. The average molecular weight is 291 g/mol. The molecule has 0 aliphatic rings. The third-order valence-electron chi connectivity index (χ3n) is 2.10. The molecule has 8 heteroatoms. The van der Waals surface area contributed by atoms with Crippen LogP contribution in [-0.2, 0) is 6.18 Å². The normalized spacial score (nSPS) is 10.9. The zero-order valence-electron chi connectivity index (χ0n) is 9.75. The van der Waals surface area contributed by atoms with Crippen molar-refractivity contribution in [1.29, 1.82) is 0 Å². The van der Waals surface area contributed by atoms with Gasteiger partial charge >= 0.3 is 12.2 Å². The number of anilines is 1. The fourth-order valence-corrected chi connectivity index (χ4v) is 1.35. The minimum absolute atomic E-state index is 0.0580. The van der Waals surface area contributed by atoms with Crippen molar-refractivity contribution < 1.29 is 18.0 Å². The molecule has 0 radical (unpaired) electrons. The molecule has 1 rings (SSSR count). The molecule has 0 unspecified atom stereocenters. The van der Waals surface area contributed by atoms with E-state index < -0.39 is 17.8 Å². The summed E-state index contributed by atoms with van der Waals surface area (Å²) in [4.78, 5) is 11.6. The van der Waals surface area contributed by atoms with E-state index >= 15 is 0 Å². The van der Waals surface area contributed by atoms with Gasteiger partial charge in [-0.1, -0.05) is 18.3 Å². The Balaban J connectivity index is 2.57. The van der Waals surface area contributed by atoms with Gasteiger partial charge in [0.05, 0.1) is 10.6 Å². The lowest BCUT2D eigenvalue weighted by Gasteiger charge is -2.10. The van der Waals surface area contributed by atoms with Gasteiger partial charge in [-0.25, -0.2) is 4.79 Å². The number of amides is 2. The first-order chi connectivity index (χ1) is 8.79. The summed E-state index contributed by atoms with van der Waals surface area (Å²) in [7, 11) is 0. The van der Waals surface area contributed by atoms with Gasteiger partial charge in [-0.2, -0.15) is 13.2 Å². The highest BCUT2D eigenvalue weighted by Crippen LogP contribution is 2.30. The second-order valence-corrected chi connectivity index (χ2v) is 4.20.